The van der Waals surface area contributed by atoms with Crippen molar-refractivity contribution in [3.8, 4) is 5.69 Å². The minimum Gasteiger partial charge on any atom is -0.325 e. The highest BCUT2D eigenvalue weighted by atomic mass is 35.5. The normalized spacial score (nSPS) is 16.6. The van der Waals surface area contributed by atoms with Crippen LogP contribution in [0.5, 0.6) is 0 Å². The molecule has 4 rings (SSSR count). The van der Waals surface area contributed by atoms with E-state index < -0.39 is 5.82 Å². The van der Waals surface area contributed by atoms with Gasteiger partial charge in [-0.15, -0.1) is 10.2 Å². The summed E-state index contributed by atoms with van der Waals surface area (Å²) in [6.07, 6.45) is 1.48. The van der Waals surface area contributed by atoms with E-state index in [0.29, 0.717) is 23.1 Å². The Balaban J connectivity index is 1.62. The van der Waals surface area contributed by atoms with Gasteiger partial charge in [0.15, 0.2) is 5.16 Å². The van der Waals surface area contributed by atoms with Gasteiger partial charge in [0.25, 0.3) is 0 Å². The van der Waals surface area contributed by atoms with Crippen LogP contribution in [-0.4, -0.2) is 25.9 Å². The molecule has 5 nitrogen and oxygen atoms in total. The Morgan fingerprint density at radius 3 is 2.89 bits per heavy atom. The monoisotopic (exact) mass is 402 g/mol. The van der Waals surface area contributed by atoms with E-state index in [1.807, 2.05) is 24.3 Å². The zero-order valence-corrected chi connectivity index (χ0v) is 16.0. The molecule has 0 spiro atoms. The number of benzene rings is 2. The molecule has 1 aromatic heterocycles. The molecule has 2 aromatic carbocycles. The van der Waals surface area contributed by atoms with E-state index in [9.17, 15) is 9.18 Å². The number of fused-ring (bicyclic) bond motifs is 1. The lowest BCUT2D eigenvalue weighted by molar-refractivity contribution is -0.115. The topological polar surface area (TPSA) is 59.8 Å². The summed E-state index contributed by atoms with van der Waals surface area (Å²) >= 11 is 7.27. The Morgan fingerprint density at radius 1 is 1.26 bits per heavy atom. The largest absolute Gasteiger partial charge is 0.325 e. The van der Waals surface area contributed by atoms with Gasteiger partial charge in [-0.25, -0.2) is 4.39 Å². The zero-order valence-electron chi connectivity index (χ0n) is 14.4. The summed E-state index contributed by atoms with van der Waals surface area (Å²) < 4.78 is 15.3. The average molecular weight is 403 g/mol. The number of amides is 1. The van der Waals surface area contributed by atoms with E-state index in [-0.39, 0.29) is 16.2 Å². The molecule has 1 amide bonds. The van der Waals surface area contributed by atoms with Crippen molar-refractivity contribution in [1.82, 2.24) is 14.8 Å². The van der Waals surface area contributed by atoms with Gasteiger partial charge in [0.2, 0.25) is 5.91 Å². The molecule has 0 fully saturated rings. The van der Waals surface area contributed by atoms with Gasteiger partial charge in [0, 0.05) is 5.69 Å². The van der Waals surface area contributed by atoms with Crippen molar-refractivity contribution >= 4 is 35.0 Å². The van der Waals surface area contributed by atoms with Crippen molar-refractivity contribution in [3.05, 3.63) is 64.7 Å². The van der Waals surface area contributed by atoms with Crippen molar-refractivity contribution < 1.29 is 9.18 Å². The molecule has 1 aliphatic rings. The van der Waals surface area contributed by atoms with E-state index in [1.165, 1.54) is 23.9 Å². The van der Waals surface area contributed by atoms with Crippen LogP contribution in [-0.2, 0) is 11.2 Å². The first-order valence-electron chi connectivity index (χ1n) is 8.46. The smallest absolute Gasteiger partial charge is 0.237 e. The van der Waals surface area contributed by atoms with Crippen LogP contribution >= 0.6 is 23.4 Å². The minimum atomic E-state index is -0.485. The third kappa shape index (κ3) is 3.57. The van der Waals surface area contributed by atoms with Crippen molar-refractivity contribution in [1.29, 1.82) is 0 Å². The van der Waals surface area contributed by atoms with Gasteiger partial charge in [-0.05, 0) is 49.6 Å². The number of aromatic nitrogens is 3. The molecule has 2 heterocycles. The maximum absolute atomic E-state index is 13.5. The van der Waals surface area contributed by atoms with Crippen LogP contribution in [0.15, 0.2) is 47.6 Å². The first kappa shape index (κ1) is 18.0. The fourth-order valence-electron chi connectivity index (χ4n) is 3.07. The standard InChI is InChI=1S/C19H16ClFN4OS/c1-11-23-24-19(25(11)13-7-8-15(21)14(20)10-13)27-17-9-6-12-4-2-3-5-16(12)22-18(17)26/h2-5,7-8,10,17H,6,9H2,1H3,(H,22,26)/t17-/m1/s1. The summed E-state index contributed by atoms with van der Waals surface area (Å²) in [5.74, 6) is 0.0908. The molecule has 1 atom stereocenters. The Kier molecular flexibility index (Phi) is 4.88. The van der Waals surface area contributed by atoms with Crippen LogP contribution in [0.25, 0.3) is 5.69 Å². The lowest BCUT2D eigenvalue weighted by atomic mass is 10.1. The minimum absolute atomic E-state index is 0.0270. The zero-order chi connectivity index (χ0) is 19.0. The third-order valence-electron chi connectivity index (χ3n) is 4.45. The van der Waals surface area contributed by atoms with Crippen LogP contribution in [0.2, 0.25) is 5.02 Å². The van der Waals surface area contributed by atoms with E-state index in [0.717, 1.165) is 17.7 Å². The van der Waals surface area contributed by atoms with Crippen molar-refractivity contribution in [2.75, 3.05) is 5.32 Å². The second-order valence-corrected chi connectivity index (χ2v) is 7.83. The fourth-order valence-corrected chi connectivity index (χ4v) is 4.33. The van der Waals surface area contributed by atoms with Gasteiger partial charge in [-0.3, -0.25) is 9.36 Å². The highest BCUT2D eigenvalue weighted by molar-refractivity contribution is 8.00. The molecule has 0 saturated heterocycles. The lowest BCUT2D eigenvalue weighted by Crippen LogP contribution is -2.24. The van der Waals surface area contributed by atoms with Gasteiger partial charge in [-0.1, -0.05) is 41.6 Å². The number of carbonyl (C=O) groups is 1. The summed E-state index contributed by atoms with van der Waals surface area (Å²) in [6.45, 7) is 1.80. The summed E-state index contributed by atoms with van der Waals surface area (Å²) in [4.78, 5) is 12.7. The highest BCUT2D eigenvalue weighted by Gasteiger charge is 2.27. The summed E-state index contributed by atoms with van der Waals surface area (Å²) in [5.41, 5.74) is 2.63. The number of para-hydroxylation sites is 1. The second-order valence-electron chi connectivity index (χ2n) is 6.26. The molecule has 3 aromatic rings. The predicted octanol–water partition coefficient (Wildman–Crippen LogP) is 4.41. The number of nitrogens with one attached hydrogen (secondary N) is 1. The molecule has 27 heavy (non-hydrogen) atoms. The Bertz CT molecular complexity index is 1020. The molecule has 1 aliphatic heterocycles. The molecule has 0 bridgehead atoms. The van der Waals surface area contributed by atoms with Crippen LogP contribution < -0.4 is 5.32 Å². The first-order valence-corrected chi connectivity index (χ1v) is 9.71. The molecule has 0 saturated carbocycles. The number of anilines is 1. The first-order chi connectivity index (χ1) is 13.0. The number of carbonyl (C=O) groups excluding carboxylic acids is 1. The summed E-state index contributed by atoms with van der Waals surface area (Å²) in [5, 5.41) is 11.6. The van der Waals surface area contributed by atoms with E-state index in [2.05, 4.69) is 15.5 Å². The third-order valence-corrected chi connectivity index (χ3v) is 5.95. The number of halogens is 2. The molecule has 0 aliphatic carbocycles. The number of aryl methyl sites for hydroxylation is 2. The molecular formula is C19H16ClFN4OS. The van der Waals surface area contributed by atoms with Crippen molar-refractivity contribution in [3.63, 3.8) is 0 Å². The Hall–Kier alpha value is -2.38. The van der Waals surface area contributed by atoms with Gasteiger partial charge < -0.3 is 5.32 Å². The molecular weight excluding hydrogens is 387 g/mol. The van der Waals surface area contributed by atoms with E-state index in [1.54, 1.807) is 17.6 Å². The van der Waals surface area contributed by atoms with Crippen molar-refractivity contribution in [2.45, 2.75) is 30.2 Å². The molecule has 8 heteroatoms. The SMILES string of the molecule is Cc1nnc(S[C@@H]2CCc3ccccc3NC2=O)n1-c1ccc(F)c(Cl)c1. The van der Waals surface area contributed by atoms with Gasteiger partial charge >= 0.3 is 0 Å². The number of thioether (sulfide) groups is 1. The number of nitrogens with zero attached hydrogens (tertiary/aromatic N) is 3. The number of rotatable bonds is 3. The van der Waals surface area contributed by atoms with E-state index >= 15 is 0 Å². The molecule has 0 unspecified atom stereocenters. The lowest BCUT2D eigenvalue weighted by Gasteiger charge is -2.14. The van der Waals surface area contributed by atoms with E-state index in [4.69, 9.17) is 11.6 Å². The second kappa shape index (κ2) is 7.32. The maximum atomic E-state index is 13.5. The summed E-state index contributed by atoms with van der Waals surface area (Å²) in [7, 11) is 0. The average Bonchev–Trinajstić information content (AvgIpc) is 2.93. The number of hydrogen-bond donors (Lipinski definition) is 1. The van der Waals surface area contributed by atoms with Gasteiger partial charge in [0.1, 0.15) is 11.6 Å². The molecule has 138 valence electrons. The Morgan fingerprint density at radius 2 is 2.07 bits per heavy atom. The number of hydrogen-bond acceptors (Lipinski definition) is 4. The van der Waals surface area contributed by atoms with Crippen LogP contribution in [0.3, 0.4) is 0 Å². The summed E-state index contributed by atoms with van der Waals surface area (Å²) in [6, 6.07) is 12.3. The quantitative estimate of drug-likeness (QED) is 0.704. The predicted molar refractivity (Wildman–Crippen MR) is 104 cm³/mol. The molecule has 0 radical (unpaired) electrons. The molecule has 1 N–H and O–H groups in total. The maximum Gasteiger partial charge on any atom is 0.237 e. The fraction of sp³-hybridized carbons (Fsp3) is 0.211. The highest BCUT2D eigenvalue weighted by Crippen LogP contribution is 2.32. The Labute approximate surface area is 164 Å². The van der Waals surface area contributed by atoms with Gasteiger partial charge in [-0.2, -0.15) is 0 Å². The van der Waals surface area contributed by atoms with Crippen LogP contribution in [0.1, 0.15) is 17.8 Å². The van der Waals surface area contributed by atoms with Crippen LogP contribution in [0.4, 0.5) is 10.1 Å². The van der Waals surface area contributed by atoms with Crippen LogP contribution in [0, 0.1) is 12.7 Å². The van der Waals surface area contributed by atoms with Crippen molar-refractivity contribution in [2.24, 2.45) is 0 Å². The van der Waals surface area contributed by atoms with Gasteiger partial charge in [0.05, 0.1) is 16.0 Å².